The number of pyridine rings is 1. The Bertz CT molecular complexity index is 653. The summed E-state index contributed by atoms with van der Waals surface area (Å²) >= 11 is 0. The number of benzene rings is 1. The SMILES string of the molecule is CN1CCOc2ccc(-c3ccc(C(F)(F)F)cc3)nc21. The number of likely N-dealkylation sites (N-methyl/N-ethyl adjacent to an activating group) is 1. The largest absolute Gasteiger partial charge is 0.488 e. The van der Waals surface area contributed by atoms with E-state index in [0.29, 0.717) is 29.4 Å². The molecule has 0 bridgehead atoms. The number of rotatable bonds is 1. The van der Waals surface area contributed by atoms with Crippen molar-refractivity contribution in [1.29, 1.82) is 0 Å². The lowest BCUT2D eigenvalue weighted by molar-refractivity contribution is -0.137. The predicted molar refractivity (Wildman–Crippen MR) is 73.4 cm³/mol. The molecule has 110 valence electrons. The monoisotopic (exact) mass is 294 g/mol. The first-order valence-electron chi connectivity index (χ1n) is 6.48. The molecule has 1 aromatic carbocycles. The van der Waals surface area contributed by atoms with E-state index in [0.717, 1.165) is 18.7 Å². The van der Waals surface area contributed by atoms with Gasteiger partial charge in [0.05, 0.1) is 17.8 Å². The molecule has 0 fully saturated rings. The second-order valence-electron chi connectivity index (χ2n) is 4.86. The maximum atomic E-state index is 12.6. The molecule has 3 nitrogen and oxygen atoms in total. The average molecular weight is 294 g/mol. The van der Waals surface area contributed by atoms with Gasteiger partial charge in [0.25, 0.3) is 0 Å². The van der Waals surface area contributed by atoms with E-state index in [-0.39, 0.29) is 0 Å². The minimum atomic E-state index is -4.32. The summed E-state index contributed by atoms with van der Waals surface area (Å²) in [6, 6.07) is 8.54. The predicted octanol–water partition coefficient (Wildman–Crippen LogP) is 3.60. The molecule has 0 atom stereocenters. The van der Waals surface area contributed by atoms with Crippen molar-refractivity contribution in [2.24, 2.45) is 0 Å². The Morgan fingerprint density at radius 1 is 1.10 bits per heavy atom. The van der Waals surface area contributed by atoms with Gasteiger partial charge < -0.3 is 9.64 Å². The lowest BCUT2D eigenvalue weighted by Gasteiger charge is -2.26. The van der Waals surface area contributed by atoms with Crippen molar-refractivity contribution in [2.45, 2.75) is 6.18 Å². The highest BCUT2D eigenvalue weighted by Crippen LogP contribution is 2.33. The van der Waals surface area contributed by atoms with Gasteiger partial charge in [-0.2, -0.15) is 13.2 Å². The van der Waals surface area contributed by atoms with Crippen molar-refractivity contribution in [2.75, 3.05) is 25.1 Å². The van der Waals surface area contributed by atoms with Gasteiger partial charge in [0.2, 0.25) is 0 Å². The number of alkyl halides is 3. The Morgan fingerprint density at radius 3 is 2.48 bits per heavy atom. The Morgan fingerprint density at radius 2 is 1.81 bits per heavy atom. The Hall–Kier alpha value is -2.24. The summed E-state index contributed by atoms with van der Waals surface area (Å²) in [7, 11) is 1.91. The maximum Gasteiger partial charge on any atom is 0.416 e. The smallest absolute Gasteiger partial charge is 0.416 e. The fourth-order valence-corrected chi connectivity index (χ4v) is 2.21. The molecule has 0 amide bonds. The summed E-state index contributed by atoms with van der Waals surface area (Å²) in [5.41, 5.74) is 0.606. The first-order valence-corrected chi connectivity index (χ1v) is 6.48. The molecular formula is C15H13F3N2O. The molecule has 0 unspecified atom stereocenters. The number of halogens is 3. The summed E-state index contributed by atoms with van der Waals surface area (Å²) < 4.78 is 43.2. The highest BCUT2D eigenvalue weighted by Gasteiger charge is 2.30. The van der Waals surface area contributed by atoms with Gasteiger partial charge in [0.15, 0.2) is 11.6 Å². The summed E-state index contributed by atoms with van der Waals surface area (Å²) in [6.45, 7) is 1.33. The highest BCUT2D eigenvalue weighted by atomic mass is 19.4. The minimum Gasteiger partial charge on any atom is -0.488 e. The summed E-state index contributed by atoms with van der Waals surface area (Å²) in [5.74, 6) is 1.40. The van der Waals surface area contributed by atoms with Crippen LogP contribution in [0.1, 0.15) is 5.56 Å². The molecule has 6 heteroatoms. The molecular weight excluding hydrogens is 281 g/mol. The zero-order valence-corrected chi connectivity index (χ0v) is 11.3. The first-order chi connectivity index (χ1) is 9.95. The Balaban J connectivity index is 1.96. The normalized spacial score (nSPS) is 14.6. The van der Waals surface area contributed by atoms with E-state index >= 15 is 0 Å². The molecule has 2 heterocycles. The van der Waals surface area contributed by atoms with E-state index in [1.807, 2.05) is 11.9 Å². The molecule has 0 saturated carbocycles. The van der Waals surface area contributed by atoms with Crippen molar-refractivity contribution in [3.05, 3.63) is 42.0 Å². The summed E-state index contributed by atoms with van der Waals surface area (Å²) in [5, 5.41) is 0. The van der Waals surface area contributed by atoms with E-state index in [9.17, 15) is 13.2 Å². The summed E-state index contributed by atoms with van der Waals surface area (Å²) in [6.07, 6.45) is -4.32. The van der Waals surface area contributed by atoms with Crippen LogP contribution in [-0.2, 0) is 6.18 Å². The van der Waals surface area contributed by atoms with E-state index in [1.54, 1.807) is 12.1 Å². The quantitative estimate of drug-likeness (QED) is 0.803. The Labute approximate surface area is 120 Å². The molecule has 0 spiro atoms. The van der Waals surface area contributed by atoms with Crippen LogP contribution in [0.2, 0.25) is 0 Å². The van der Waals surface area contributed by atoms with Gasteiger partial charge in [-0.3, -0.25) is 0 Å². The van der Waals surface area contributed by atoms with Crippen LogP contribution in [0.4, 0.5) is 19.0 Å². The molecule has 0 aliphatic carbocycles. The van der Waals surface area contributed by atoms with Crippen molar-refractivity contribution in [1.82, 2.24) is 4.98 Å². The van der Waals surface area contributed by atoms with Crippen LogP contribution in [0.3, 0.4) is 0 Å². The van der Waals surface area contributed by atoms with Gasteiger partial charge in [-0.05, 0) is 24.3 Å². The van der Waals surface area contributed by atoms with Crippen molar-refractivity contribution in [3.8, 4) is 17.0 Å². The number of fused-ring (bicyclic) bond motifs is 1. The molecule has 1 aliphatic rings. The number of hydrogen-bond donors (Lipinski definition) is 0. The number of anilines is 1. The Kier molecular flexibility index (Phi) is 3.23. The molecule has 2 aromatic rings. The lowest BCUT2D eigenvalue weighted by atomic mass is 10.1. The lowest BCUT2D eigenvalue weighted by Crippen LogP contribution is -2.29. The highest BCUT2D eigenvalue weighted by molar-refractivity contribution is 5.65. The second kappa shape index (κ2) is 4.95. The van der Waals surface area contributed by atoms with E-state index in [4.69, 9.17) is 4.74 Å². The van der Waals surface area contributed by atoms with Gasteiger partial charge in [-0.25, -0.2) is 4.98 Å². The summed E-state index contributed by atoms with van der Waals surface area (Å²) in [4.78, 5) is 6.44. The van der Waals surface area contributed by atoms with Gasteiger partial charge in [0.1, 0.15) is 6.61 Å². The van der Waals surface area contributed by atoms with Gasteiger partial charge in [0, 0.05) is 12.6 Å². The van der Waals surface area contributed by atoms with Crippen molar-refractivity contribution < 1.29 is 17.9 Å². The number of ether oxygens (including phenoxy) is 1. The molecule has 0 N–H and O–H groups in total. The molecule has 21 heavy (non-hydrogen) atoms. The number of nitrogens with zero attached hydrogens (tertiary/aromatic N) is 2. The molecule has 3 rings (SSSR count). The van der Waals surface area contributed by atoms with Crippen LogP contribution in [0.5, 0.6) is 5.75 Å². The fraction of sp³-hybridized carbons (Fsp3) is 0.267. The number of aromatic nitrogens is 1. The fourth-order valence-electron chi connectivity index (χ4n) is 2.21. The van der Waals surface area contributed by atoms with Gasteiger partial charge >= 0.3 is 6.18 Å². The third kappa shape index (κ3) is 2.66. The second-order valence-corrected chi connectivity index (χ2v) is 4.86. The van der Waals surface area contributed by atoms with Crippen molar-refractivity contribution in [3.63, 3.8) is 0 Å². The average Bonchev–Trinajstić information content (AvgIpc) is 2.47. The van der Waals surface area contributed by atoms with Crippen molar-refractivity contribution >= 4 is 5.82 Å². The van der Waals surface area contributed by atoms with Gasteiger partial charge in [-0.15, -0.1) is 0 Å². The third-order valence-corrected chi connectivity index (χ3v) is 3.39. The van der Waals surface area contributed by atoms with Crippen LogP contribution >= 0.6 is 0 Å². The van der Waals surface area contributed by atoms with E-state index in [2.05, 4.69) is 4.98 Å². The van der Waals surface area contributed by atoms with Crippen LogP contribution in [0.25, 0.3) is 11.3 Å². The van der Waals surface area contributed by atoms with Crippen LogP contribution in [0.15, 0.2) is 36.4 Å². The van der Waals surface area contributed by atoms with Crippen LogP contribution in [-0.4, -0.2) is 25.2 Å². The molecule has 0 radical (unpaired) electrons. The maximum absolute atomic E-state index is 12.6. The van der Waals surface area contributed by atoms with Crippen LogP contribution < -0.4 is 9.64 Å². The molecule has 1 aromatic heterocycles. The third-order valence-electron chi connectivity index (χ3n) is 3.39. The van der Waals surface area contributed by atoms with Crippen LogP contribution in [0, 0.1) is 0 Å². The molecule has 1 aliphatic heterocycles. The number of hydrogen-bond acceptors (Lipinski definition) is 3. The molecule has 0 saturated heterocycles. The van der Waals surface area contributed by atoms with E-state index in [1.165, 1.54) is 12.1 Å². The standard InChI is InChI=1S/C15H13F3N2O/c1-20-8-9-21-13-7-6-12(19-14(13)20)10-2-4-11(5-3-10)15(16,17)18/h2-7H,8-9H2,1H3. The zero-order chi connectivity index (χ0) is 15.0. The van der Waals surface area contributed by atoms with Gasteiger partial charge in [-0.1, -0.05) is 12.1 Å². The van der Waals surface area contributed by atoms with E-state index < -0.39 is 11.7 Å². The topological polar surface area (TPSA) is 25.4 Å². The minimum absolute atomic E-state index is 0.602. The first kappa shape index (κ1) is 13.7. The zero-order valence-electron chi connectivity index (χ0n) is 11.3.